The molecule has 2 rings (SSSR count). The van der Waals surface area contributed by atoms with E-state index >= 15 is 0 Å². The fraction of sp³-hybridized carbons (Fsp3) is 0.385. The van der Waals surface area contributed by atoms with Crippen LogP contribution in [-0.4, -0.2) is 6.54 Å². The van der Waals surface area contributed by atoms with Crippen molar-refractivity contribution in [2.45, 2.75) is 26.2 Å². The molecule has 2 heteroatoms. The average molecular weight is 202 g/mol. The van der Waals surface area contributed by atoms with Gasteiger partial charge in [0.25, 0.3) is 0 Å². The first-order chi connectivity index (χ1) is 7.07. The average Bonchev–Trinajstić information content (AvgIpc) is 2.69. The standard InChI is InChI=1S/C13H18N2/c1-13(2,3)11-5-7-12(8-6-11)15-10-4-9-14-15/h4-9,14H,10H2,1-3H3. The van der Waals surface area contributed by atoms with Gasteiger partial charge in [0.2, 0.25) is 0 Å². The van der Waals surface area contributed by atoms with Crippen molar-refractivity contribution in [3.63, 3.8) is 0 Å². The number of benzene rings is 1. The van der Waals surface area contributed by atoms with Gasteiger partial charge in [0.15, 0.2) is 0 Å². The van der Waals surface area contributed by atoms with Gasteiger partial charge < -0.3 is 5.43 Å². The van der Waals surface area contributed by atoms with E-state index in [1.54, 1.807) is 0 Å². The molecule has 1 aliphatic heterocycles. The van der Waals surface area contributed by atoms with Gasteiger partial charge in [-0.15, -0.1) is 0 Å². The molecule has 1 N–H and O–H groups in total. The van der Waals surface area contributed by atoms with Gasteiger partial charge in [0.05, 0.1) is 12.2 Å². The van der Waals surface area contributed by atoms with E-state index in [2.05, 4.69) is 61.5 Å². The zero-order chi connectivity index (χ0) is 10.9. The third kappa shape index (κ3) is 2.14. The first-order valence-corrected chi connectivity index (χ1v) is 5.37. The molecule has 2 nitrogen and oxygen atoms in total. The predicted octanol–water partition coefficient (Wildman–Crippen LogP) is 2.82. The lowest BCUT2D eigenvalue weighted by Crippen LogP contribution is -2.29. The third-order valence-electron chi connectivity index (χ3n) is 2.68. The molecule has 0 aromatic heterocycles. The van der Waals surface area contributed by atoms with E-state index in [1.165, 1.54) is 11.3 Å². The summed E-state index contributed by atoms with van der Waals surface area (Å²) >= 11 is 0. The first kappa shape index (κ1) is 10.1. The topological polar surface area (TPSA) is 15.3 Å². The highest BCUT2D eigenvalue weighted by atomic mass is 15.5. The zero-order valence-corrected chi connectivity index (χ0v) is 9.62. The number of hydrazine groups is 1. The largest absolute Gasteiger partial charge is 0.306 e. The molecule has 0 radical (unpaired) electrons. The lowest BCUT2D eigenvalue weighted by Gasteiger charge is -2.22. The second-order valence-electron chi connectivity index (χ2n) is 4.94. The van der Waals surface area contributed by atoms with Crippen molar-refractivity contribution < 1.29 is 0 Å². The summed E-state index contributed by atoms with van der Waals surface area (Å²) in [6, 6.07) is 8.74. The van der Waals surface area contributed by atoms with Crippen LogP contribution in [0, 0.1) is 0 Å². The Morgan fingerprint density at radius 1 is 1.13 bits per heavy atom. The van der Waals surface area contributed by atoms with Gasteiger partial charge in [-0.25, -0.2) is 0 Å². The Labute approximate surface area is 91.6 Å². The second kappa shape index (κ2) is 3.61. The minimum atomic E-state index is 0.231. The minimum Gasteiger partial charge on any atom is -0.306 e. The molecule has 80 valence electrons. The minimum absolute atomic E-state index is 0.231. The summed E-state index contributed by atoms with van der Waals surface area (Å²) in [7, 11) is 0. The highest BCUT2D eigenvalue weighted by Gasteiger charge is 2.14. The van der Waals surface area contributed by atoms with E-state index in [0.717, 1.165) is 6.54 Å². The van der Waals surface area contributed by atoms with Gasteiger partial charge >= 0.3 is 0 Å². The van der Waals surface area contributed by atoms with Gasteiger partial charge in [0.1, 0.15) is 0 Å². The van der Waals surface area contributed by atoms with E-state index in [0.29, 0.717) is 0 Å². The summed E-state index contributed by atoms with van der Waals surface area (Å²) in [5.41, 5.74) is 6.00. The Hall–Kier alpha value is -1.44. The summed E-state index contributed by atoms with van der Waals surface area (Å²) in [4.78, 5) is 0. The number of nitrogens with zero attached hydrogens (tertiary/aromatic N) is 1. The highest BCUT2D eigenvalue weighted by molar-refractivity contribution is 5.49. The zero-order valence-electron chi connectivity index (χ0n) is 9.62. The van der Waals surface area contributed by atoms with Crippen LogP contribution in [0.15, 0.2) is 36.5 Å². The monoisotopic (exact) mass is 202 g/mol. The van der Waals surface area contributed by atoms with Crippen LogP contribution in [0.5, 0.6) is 0 Å². The number of hydrogen-bond donors (Lipinski definition) is 1. The normalized spacial score (nSPS) is 15.5. The Kier molecular flexibility index (Phi) is 2.43. The van der Waals surface area contributed by atoms with Gasteiger partial charge in [-0.3, -0.25) is 5.01 Å². The summed E-state index contributed by atoms with van der Waals surface area (Å²) in [6.45, 7) is 7.64. The Morgan fingerprint density at radius 3 is 2.27 bits per heavy atom. The maximum atomic E-state index is 3.18. The fourth-order valence-corrected chi connectivity index (χ4v) is 1.67. The Bertz CT molecular complexity index is 349. The molecular formula is C13H18N2. The van der Waals surface area contributed by atoms with Crippen molar-refractivity contribution in [3.05, 3.63) is 42.1 Å². The molecule has 1 aromatic carbocycles. The highest BCUT2D eigenvalue weighted by Crippen LogP contribution is 2.24. The number of anilines is 1. The van der Waals surface area contributed by atoms with Crippen molar-refractivity contribution >= 4 is 5.69 Å². The summed E-state index contributed by atoms with van der Waals surface area (Å²) in [5, 5.41) is 2.12. The lowest BCUT2D eigenvalue weighted by molar-refractivity contribution is 0.590. The van der Waals surface area contributed by atoms with Crippen LogP contribution in [0.25, 0.3) is 0 Å². The quantitative estimate of drug-likeness (QED) is 0.753. The van der Waals surface area contributed by atoms with Crippen LogP contribution in [0.3, 0.4) is 0 Å². The maximum absolute atomic E-state index is 3.18. The van der Waals surface area contributed by atoms with Crippen LogP contribution >= 0.6 is 0 Å². The van der Waals surface area contributed by atoms with Crippen molar-refractivity contribution in [1.29, 1.82) is 0 Å². The second-order valence-corrected chi connectivity index (χ2v) is 4.94. The number of nitrogens with one attached hydrogen (secondary N) is 1. The van der Waals surface area contributed by atoms with Crippen molar-refractivity contribution in [1.82, 2.24) is 5.43 Å². The molecule has 1 heterocycles. The van der Waals surface area contributed by atoms with Gasteiger partial charge in [-0.1, -0.05) is 32.9 Å². The molecule has 0 saturated heterocycles. The van der Waals surface area contributed by atoms with Crippen LogP contribution < -0.4 is 10.4 Å². The molecule has 0 atom stereocenters. The van der Waals surface area contributed by atoms with Gasteiger partial charge in [-0.2, -0.15) is 0 Å². The smallest absolute Gasteiger partial charge is 0.0592 e. The summed E-state index contributed by atoms with van der Waals surface area (Å²) in [5.74, 6) is 0. The Morgan fingerprint density at radius 2 is 1.80 bits per heavy atom. The van der Waals surface area contributed by atoms with E-state index in [4.69, 9.17) is 0 Å². The lowest BCUT2D eigenvalue weighted by atomic mass is 9.87. The van der Waals surface area contributed by atoms with Crippen LogP contribution in [-0.2, 0) is 5.41 Å². The predicted molar refractivity (Wildman–Crippen MR) is 64.8 cm³/mol. The molecule has 1 aliphatic rings. The molecule has 0 amide bonds. The number of rotatable bonds is 1. The molecule has 0 saturated carbocycles. The summed E-state index contributed by atoms with van der Waals surface area (Å²) in [6.07, 6.45) is 4.08. The molecule has 0 aliphatic carbocycles. The van der Waals surface area contributed by atoms with Crippen LogP contribution in [0.4, 0.5) is 5.69 Å². The van der Waals surface area contributed by atoms with E-state index in [1.807, 2.05) is 6.20 Å². The Balaban J connectivity index is 2.17. The summed E-state index contributed by atoms with van der Waals surface area (Å²) < 4.78 is 0. The van der Waals surface area contributed by atoms with Crippen LogP contribution in [0.1, 0.15) is 26.3 Å². The number of hydrogen-bond acceptors (Lipinski definition) is 2. The third-order valence-corrected chi connectivity index (χ3v) is 2.68. The molecule has 1 aromatic rings. The molecule has 0 spiro atoms. The SMILES string of the molecule is CC(C)(C)c1ccc(N2CC=CN2)cc1. The van der Waals surface area contributed by atoms with Gasteiger partial charge in [0, 0.05) is 6.20 Å². The van der Waals surface area contributed by atoms with E-state index in [-0.39, 0.29) is 5.41 Å². The van der Waals surface area contributed by atoms with Crippen molar-refractivity contribution in [2.75, 3.05) is 11.6 Å². The van der Waals surface area contributed by atoms with Gasteiger partial charge in [-0.05, 0) is 29.2 Å². The fourth-order valence-electron chi connectivity index (χ4n) is 1.67. The molecule has 15 heavy (non-hydrogen) atoms. The maximum Gasteiger partial charge on any atom is 0.0592 e. The molecule has 0 unspecified atom stereocenters. The first-order valence-electron chi connectivity index (χ1n) is 5.37. The molecular weight excluding hydrogens is 184 g/mol. The molecule has 0 bridgehead atoms. The van der Waals surface area contributed by atoms with Crippen molar-refractivity contribution in [2.24, 2.45) is 0 Å². The van der Waals surface area contributed by atoms with E-state index in [9.17, 15) is 0 Å². The van der Waals surface area contributed by atoms with Crippen LogP contribution in [0.2, 0.25) is 0 Å². The van der Waals surface area contributed by atoms with E-state index < -0.39 is 0 Å². The molecule has 0 fully saturated rings. The van der Waals surface area contributed by atoms with Crippen molar-refractivity contribution in [3.8, 4) is 0 Å².